The molecule has 0 amide bonds. The summed E-state index contributed by atoms with van der Waals surface area (Å²) in [6.45, 7) is 0.373. The number of ether oxygens (including phenoxy) is 1. The van der Waals surface area contributed by atoms with Crippen LogP contribution in [0.3, 0.4) is 0 Å². The summed E-state index contributed by atoms with van der Waals surface area (Å²) < 4.78 is 19.3. The number of fused-ring (bicyclic) bond motifs is 1. The average Bonchev–Trinajstić information content (AvgIpc) is 2.50. The summed E-state index contributed by atoms with van der Waals surface area (Å²) in [6.07, 6.45) is -0.667. The lowest BCUT2D eigenvalue weighted by Crippen LogP contribution is -2.38. The summed E-state index contributed by atoms with van der Waals surface area (Å²) in [5.41, 5.74) is 1.14. The van der Waals surface area contributed by atoms with Crippen molar-refractivity contribution >= 4 is 23.1 Å². The number of ketones is 1. The molecule has 2 aromatic rings. The third-order valence-corrected chi connectivity index (χ3v) is 3.60. The van der Waals surface area contributed by atoms with Gasteiger partial charge in [-0.25, -0.2) is 4.39 Å². The van der Waals surface area contributed by atoms with Crippen molar-refractivity contribution in [2.75, 3.05) is 11.9 Å². The molecule has 1 aliphatic rings. The van der Waals surface area contributed by atoms with Crippen molar-refractivity contribution in [2.24, 2.45) is 0 Å². The second-order valence-corrected chi connectivity index (χ2v) is 5.30. The fourth-order valence-electron chi connectivity index (χ4n) is 2.27. The maximum absolute atomic E-state index is 13.7. The molecule has 108 valence electrons. The van der Waals surface area contributed by atoms with Crippen LogP contribution < -0.4 is 10.1 Å². The maximum atomic E-state index is 13.7. The highest BCUT2D eigenvalue weighted by Gasteiger charge is 2.26. The highest BCUT2D eigenvalue weighted by Crippen LogP contribution is 2.28. The number of carbonyl (C=O) groups is 1. The van der Waals surface area contributed by atoms with Gasteiger partial charge in [0.2, 0.25) is 0 Å². The molecule has 1 N–H and O–H groups in total. The predicted molar refractivity (Wildman–Crippen MR) is 79.5 cm³/mol. The summed E-state index contributed by atoms with van der Waals surface area (Å²) >= 11 is 5.83. The molecule has 0 aliphatic carbocycles. The van der Waals surface area contributed by atoms with Crippen molar-refractivity contribution in [3.63, 3.8) is 0 Å². The van der Waals surface area contributed by atoms with Gasteiger partial charge in [0.05, 0.1) is 12.2 Å². The number of rotatable bonds is 3. The number of Topliss-reactive ketones (excluding diaryl/α,β-unsaturated/α-hetero) is 1. The molecule has 0 aromatic heterocycles. The van der Waals surface area contributed by atoms with Gasteiger partial charge in [-0.1, -0.05) is 23.7 Å². The van der Waals surface area contributed by atoms with E-state index >= 15 is 0 Å². The number of para-hydroxylation sites is 2. The molecule has 0 bridgehead atoms. The fourth-order valence-corrected chi connectivity index (χ4v) is 2.47. The molecular weight excluding hydrogens is 293 g/mol. The van der Waals surface area contributed by atoms with E-state index in [2.05, 4.69) is 5.32 Å². The molecule has 0 fully saturated rings. The lowest BCUT2D eigenvalue weighted by Gasteiger charge is -2.26. The molecule has 3 nitrogen and oxygen atoms in total. The first-order valence-electron chi connectivity index (χ1n) is 6.59. The van der Waals surface area contributed by atoms with E-state index in [4.69, 9.17) is 16.3 Å². The average molecular weight is 306 g/mol. The number of halogens is 2. The van der Waals surface area contributed by atoms with E-state index in [9.17, 15) is 9.18 Å². The molecule has 5 heteroatoms. The van der Waals surface area contributed by atoms with Crippen LogP contribution in [0, 0.1) is 5.82 Å². The first-order chi connectivity index (χ1) is 10.1. The van der Waals surface area contributed by atoms with E-state index in [1.54, 1.807) is 6.07 Å². The molecule has 3 rings (SSSR count). The lowest BCUT2D eigenvalue weighted by atomic mass is 10.0. The van der Waals surface area contributed by atoms with Crippen molar-refractivity contribution in [1.82, 2.24) is 0 Å². The van der Waals surface area contributed by atoms with Crippen LogP contribution in [-0.2, 0) is 11.2 Å². The van der Waals surface area contributed by atoms with Crippen molar-refractivity contribution in [3.8, 4) is 5.75 Å². The van der Waals surface area contributed by atoms with E-state index in [0.29, 0.717) is 17.3 Å². The predicted octanol–water partition coefficient (Wildman–Crippen LogP) is 3.46. The van der Waals surface area contributed by atoms with Gasteiger partial charge in [0.1, 0.15) is 11.6 Å². The third-order valence-electron chi connectivity index (χ3n) is 3.37. The first kappa shape index (κ1) is 13.9. The van der Waals surface area contributed by atoms with E-state index < -0.39 is 11.9 Å². The van der Waals surface area contributed by atoms with Crippen LogP contribution in [0.4, 0.5) is 10.1 Å². The number of benzene rings is 2. The van der Waals surface area contributed by atoms with Crippen molar-refractivity contribution in [3.05, 3.63) is 58.9 Å². The number of hydrogen-bond acceptors (Lipinski definition) is 3. The Morgan fingerprint density at radius 2 is 2.14 bits per heavy atom. The SMILES string of the molecule is O=C(Cc1cc(Cl)ccc1F)C1CNc2ccccc2O1. The van der Waals surface area contributed by atoms with Gasteiger partial charge in [-0.05, 0) is 35.9 Å². The van der Waals surface area contributed by atoms with E-state index in [0.717, 1.165) is 5.69 Å². The van der Waals surface area contributed by atoms with Crippen LogP contribution in [0.5, 0.6) is 5.75 Å². The minimum absolute atomic E-state index is 0.0408. The number of hydrogen-bond donors (Lipinski definition) is 1. The van der Waals surface area contributed by atoms with Crippen LogP contribution in [0.1, 0.15) is 5.56 Å². The topological polar surface area (TPSA) is 38.3 Å². The standard InChI is InChI=1S/C16H13ClFNO2/c17-11-5-6-12(18)10(7-11)8-14(20)16-9-19-13-3-1-2-4-15(13)21-16/h1-7,16,19H,8-9H2. The Hall–Kier alpha value is -2.07. The summed E-state index contributed by atoms with van der Waals surface area (Å²) in [7, 11) is 0. The lowest BCUT2D eigenvalue weighted by molar-refractivity contribution is -0.124. The highest BCUT2D eigenvalue weighted by molar-refractivity contribution is 6.30. The smallest absolute Gasteiger partial charge is 0.179 e. The third kappa shape index (κ3) is 3.00. The zero-order valence-electron chi connectivity index (χ0n) is 11.1. The molecule has 2 aromatic carbocycles. The van der Waals surface area contributed by atoms with Crippen molar-refractivity contribution in [2.45, 2.75) is 12.5 Å². The Morgan fingerprint density at radius 3 is 3.00 bits per heavy atom. The monoisotopic (exact) mass is 305 g/mol. The number of anilines is 1. The highest BCUT2D eigenvalue weighted by atomic mass is 35.5. The van der Waals surface area contributed by atoms with Crippen LogP contribution in [-0.4, -0.2) is 18.4 Å². The second-order valence-electron chi connectivity index (χ2n) is 4.86. The summed E-state index contributed by atoms with van der Waals surface area (Å²) in [4.78, 5) is 12.3. The molecule has 1 heterocycles. The van der Waals surface area contributed by atoms with Gasteiger partial charge in [0, 0.05) is 11.4 Å². The van der Waals surface area contributed by atoms with Crippen LogP contribution in [0.15, 0.2) is 42.5 Å². The Labute approximate surface area is 126 Å². The molecular formula is C16H13ClFNO2. The minimum Gasteiger partial charge on any atom is -0.479 e. The van der Waals surface area contributed by atoms with Crippen molar-refractivity contribution in [1.29, 1.82) is 0 Å². The maximum Gasteiger partial charge on any atom is 0.179 e. The molecule has 0 saturated carbocycles. The van der Waals surface area contributed by atoms with Gasteiger partial charge in [-0.15, -0.1) is 0 Å². The zero-order chi connectivity index (χ0) is 14.8. The summed E-state index contributed by atoms with van der Waals surface area (Å²) in [5, 5.41) is 3.55. The summed E-state index contributed by atoms with van der Waals surface area (Å²) in [6, 6.07) is 11.6. The number of nitrogens with one attached hydrogen (secondary N) is 1. The Morgan fingerprint density at radius 1 is 1.33 bits per heavy atom. The van der Waals surface area contributed by atoms with Crippen molar-refractivity contribution < 1.29 is 13.9 Å². The number of carbonyl (C=O) groups excluding carboxylic acids is 1. The zero-order valence-corrected chi connectivity index (χ0v) is 11.9. The van der Waals surface area contributed by atoms with Crippen LogP contribution >= 0.6 is 11.6 Å². The Bertz CT molecular complexity index is 690. The van der Waals surface area contributed by atoms with Gasteiger partial charge in [0.15, 0.2) is 11.9 Å². The van der Waals surface area contributed by atoms with Gasteiger partial charge in [-0.2, -0.15) is 0 Å². The molecule has 0 spiro atoms. The molecule has 0 radical (unpaired) electrons. The van der Waals surface area contributed by atoms with Crippen LogP contribution in [0.2, 0.25) is 5.02 Å². The Balaban J connectivity index is 1.74. The quantitative estimate of drug-likeness (QED) is 0.943. The molecule has 1 aliphatic heterocycles. The van der Waals surface area contributed by atoms with E-state index in [1.807, 2.05) is 18.2 Å². The fraction of sp³-hybridized carbons (Fsp3) is 0.188. The van der Waals surface area contributed by atoms with Gasteiger partial charge >= 0.3 is 0 Å². The largest absolute Gasteiger partial charge is 0.479 e. The van der Waals surface area contributed by atoms with Gasteiger partial charge in [0.25, 0.3) is 0 Å². The first-order valence-corrected chi connectivity index (χ1v) is 6.97. The molecule has 0 saturated heterocycles. The minimum atomic E-state index is -0.627. The van der Waals surface area contributed by atoms with Gasteiger partial charge in [-0.3, -0.25) is 4.79 Å². The van der Waals surface area contributed by atoms with Crippen LogP contribution in [0.25, 0.3) is 0 Å². The van der Waals surface area contributed by atoms with E-state index in [1.165, 1.54) is 18.2 Å². The normalized spacial score (nSPS) is 16.6. The Kier molecular flexibility index (Phi) is 3.80. The second kappa shape index (κ2) is 5.74. The molecule has 1 atom stereocenters. The van der Waals surface area contributed by atoms with Gasteiger partial charge < -0.3 is 10.1 Å². The molecule has 1 unspecified atom stereocenters. The van der Waals surface area contributed by atoms with E-state index in [-0.39, 0.29) is 17.8 Å². The summed E-state index contributed by atoms with van der Waals surface area (Å²) in [5.74, 6) is 0.0174. The molecule has 21 heavy (non-hydrogen) atoms.